The van der Waals surface area contributed by atoms with Crippen molar-refractivity contribution in [3.05, 3.63) is 99.1 Å². The normalized spacial score (nSPS) is 10.9. The van der Waals surface area contributed by atoms with Gasteiger partial charge in [-0.05, 0) is 24.6 Å². The number of rotatable bonds is 5. The van der Waals surface area contributed by atoms with E-state index < -0.39 is 11.2 Å². The molecule has 1 N–H and O–H groups in total. The second kappa shape index (κ2) is 7.48. The summed E-state index contributed by atoms with van der Waals surface area (Å²) in [6.07, 6.45) is 1.98. The lowest BCUT2D eigenvalue weighted by molar-refractivity contribution is 0.616. The predicted octanol–water partition coefficient (Wildman–Crippen LogP) is 2.34. The molecule has 7 heteroatoms. The highest BCUT2D eigenvalue weighted by molar-refractivity contribution is 5.54. The number of benzene rings is 2. The first-order valence-electron chi connectivity index (χ1n) is 8.98. The van der Waals surface area contributed by atoms with Gasteiger partial charge in [-0.3, -0.25) is 9.78 Å². The highest BCUT2D eigenvalue weighted by atomic mass is 16.2. The number of aromatic nitrogens is 5. The van der Waals surface area contributed by atoms with Crippen molar-refractivity contribution < 1.29 is 0 Å². The summed E-state index contributed by atoms with van der Waals surface area (Å²) in [5.74, 6) is 1.37. The Kier molecular flexibility index (Phi) is 4.72. The molecule has 4 aromatic rings. The molecule has 0 saturated carbocycles. The molecule has 0 saturated heterocycles. The maximum atomic E-state index is 12.0. The van der Waals surface area contributed by atoms with Crippen LogP contribution in [0.25, 0.3) is 17.1 Å². The zero-order valence-corrected chi connectivity index (χ0v) is 15.4. The molecule has 0 spiro atoms. The van der Waals surface area contributed by atoms with Gasteiger partial charge in [-0.25, -0.2) is 14.5 Å². The van der Waals surface area contributed by atoms with Gasteiger partial charge in [0.1, 0.15) is 5.82 Å². The fourth-order valence-electron chi connectivity index (χ4n) is 3.02. The molecule has 0 aliphatic carbocycles. The molecule has 140 valence electrons. The third-order valence-electron chi connectivity index (χ3n) is 4.43. The van der Waals surface area contributed by atoms with Gasteiger partial charge < -0.3 is 4.57 Å². The molecule has 4 rings (SSSR count). The van der Waals surface area contributed by atoms with Crippen molar-refractivity contribution in [2.75, 3.05) is 0 Å². The van der Waals surface area contributed by atoms with Gasteiger partial charge in [0, 0.05) is 30.8 Å². The van der Waals surface area contributed by atoms with Gasteiger partial charge in [0.2, 0.25) is 0 Å². The summed E-state index contributed by atoms with van der Waals surface area (Å²) >= 11 is 0. The van der Waals surface area contributed by atoms with Crippen LogP contribution in [0, 0.1) is 6.92 Å². The fraction of sp³-hybridized carbons (Fsp3) is 0.143. The van der Waals surface area contributed by atoms with Gasteiger partial charge in [-0.1, -0.05) is 42.5 Å². The fourth-order valence-corrected chi connectivity index (χ4v) is 3.02. The van der Waals surface area contributed by atoms with E-state index in [1.165, 1.54) is 16.8 Å². The van der Waals surface area contributed by atoms with Crippen molar-refractivity contribution in [2.45, 2.75) is 19.9 Å². The number of hydrogen-bond donors (Lipinski definition) is 1. The molecule has 0 unspecified atom stereocenters. The molecule has 0 bridgehead atoms. The molecule has 28 heavy (non-hydrogen) atoms. The van der Waals surface area contributed by atoms with Crippen molar-refractivity contribution in [1.82, 2.24) is 24.3 Å². The third kappa shape index (κ3) is 3.68. The molecular weight excluding hydrogens is 354 g/mol. The number of H-pyrrole nitrogens is 1. The minimum atomic E-state index is -0.433. The van der Waals surface area contributed by atoms with Crippen LogP contribution in [-0.2, 0) is 13.0 Å². The molecule has 2 aromatic carbocycles. The average Bonchev–Trinajstić information content (AvgIpc) is 3.12. The molecule has 0 fully saturated rings. The Balaban J connectivity index is 1.73. The van der Waals surface area contributed by atoms with E-state index in [0.717, 1.165) is 22.6 Å². The monoisotopic (exact) mass is 373 g/mol. The van der Waals surface area contributed by atoms with Gasteiger partial charge in [-0.15, -0.1) is 5.10 Å². The Hall–Kier alpha value is -3.74. The molecule has 0 amide bonds. The summed E-state index contributed by atoms with van der Waals surface area (Å²) in [4.78, 5) is 30.2. The van der Waals surface area contributed by atoms with E-state index in [4.69, 9.17) is 10.1 Å². The predicted molar refractivity (Wildman–Crippen MR) is 107 cm³/mol. The second-order valence-corrected chi connectivity index (χ2v) is 6.52. The minimum absolute atomic E-state index is 0.383. The highest BCUT2D eigenvalue weighted by Crippen LogP contribution is 2.19. The van der Waals surface area contributed by atoms with Crippen molar-refractivity contribution in [3.8, 4) is 17.1 Å². The second-order valence-electron chi connectivity index (χ2n) is 6.52. The molecule has 2 heterocycles. The minimum Gasteiger partial charge on any atom is -0.300 e. The lowest BCUT2D eigenvalue weighted by atomic mass is 10.2. The standard InChI is InChI=1S/C21H19N5O2/c1-15-6-5-9-17(14-15)26-18(10-12-25-13-11-19(27)23-21(25)28)22-20(24-26)16-7-3-2-4-8-16/h2-9,11,13-14H,10,12H2,1H3,(H,23,27,28). The zero-order valence-electron chi connectivity index (χ0n) is 15.4. The van der Waals surface area contributed by atoms with E-state index in [9.17, 15) is 9.59 Å². The topological polar surface area (TPSA) is 85.6 Å². The largest absolute Gasteiger partial charge is 0.328 e. The zero-order chi connectivity index (χ0) is 19.5. The molecule has 7 nitrogen and oxygen atoms in total. The van der Waals surface area contributed by atoms with E-state index >= 15 is 0 Å². The molecule has 0 aliphatic heterocycles. The molecule has 0 atom stereocenters. The van der Waals surface area contributed by atoms with Crippen molar-refractivity contribution >= 4 is 0 Å². The number of nitrogens with zero attached hydrogens (tertiary/aromatic N) is 4. The van der Waals surface area contributed by atoms with Gasteiger partial charge >= 0.3 is 5.69 Å². The first kappa shape index (κ1) is 17.7. The van der Waals surface area contributed by atoms with E-state index in [-0.39, 0.29) is 0 Å². The Morgan fingerprint density at radius 3 is 2.57 bits per heavy atom. The SMILES string of the molecule is Cc1cccc(-n2nc(-c3ccccc3)nc2CCn2ccc(=O)[nH]c2=O)c1. The van der Waals surface area contributed by atoms with Crippen LogP contribution >= 0.6 is 0 Å². The van der Waals surface area contributed by atoms with Gasteiger partial charge in [0.05, 0.1) is 5.69 Å². The summed E-state index contributed by atoms with van der Waals surface area (Å²) < 4.78 is 3.27. The van der Waals surface area contributed by atoms with Gasteiger partial charge in [0.15, 0.2) is 5.82 Å². The molecule has 0 aliphatic rings. The van der Waals surface area contributed by atoms with E-state index in [1.54, 1.807) is 0 Å². The summed E-state index contributed by atoms with van der Waals surface area (Å²) in [6, 6.07) is 19.1. The third-order valence-corrected chi connectivity index (χ3v) is 4.43. The van der Waals surface area contributed by atoms with Crippen LogP contribution in [0.1, 0.15) is 11.4 Å². The summed E-state index contributed by atoms with van der Waals surface area (Å²) in [5.41, 5.74) is 2.12. The van der Waals surface area contributed by atoms with Crippen molar-refractivity contribution in [3.63, 3.8) is 0 Å². The lowest BCUT2D eigenvalue weighted by Crippen LogP contribution is -2.29. The summed E-state index contributed by atoms with van der Waals surface area (Å²) in [6.45, 7) is 2.41. The Labute approximate surface area is 160 Å². The summed E-state index contributed by atoms with van der Waals surface area (Å²) in [7, 11) is 0. The Bertz CT molecular complexity index is 1220. The van der Waals surface area contributed by atoms with Crippen LogP contribution in [0.3, 0.4) is 0 Å². The maximum Gasteiger partial charge on any atom is 0.328 e. The lowest BCUT2D eigenvalue weighted by Gasteiger charge is -2.07. The van der Waals surface area contributed by atoms with E-state index in [0.29, 0.717) is 18.8 Å². The molecule has 0 radical (unpaired) electrons. The first-order chi connectivity index (χ1) is 13.6. The number of aryl methyl sites for hydroxylation is 3. The Morgan fingerprint density at radius 2 is 1.82 bits per heavy atom. The van der Waals surface area contributed by atoms with Crippen LogP contribution in [0.15, 0.2) is 76.4 Å². The molecule has 2 aromatic heterocycles. The van der Waals surface area contributed by atoms with E-state index in [2.05, 4.69) is 4.98 Å². The Morgan fingerprint density at radius 1 is 1.00 bits per heavy atom. The maximum absolute atomic E-state index is 12.0. The van der Waals surface area contributed by atoms with Crippen LogP contribution in [0.2, 0.25) is 0 Å². The van der Waals surface area contributed by atoms with Crippen LogP contribution < -0.4 is 11.2 Å². The van der Waals surface area contributed by atoms with E-state index in [1.807, 2.05) is 66.2 Å². The van der Waals surface area contributed by atoms with Gasteiger partial charge in [-0.2, -0.15) is 0 Å². The van der Waals surface area contributed by atoms with Crippen LogP contribution in [0.5, 0.6) is 0 Å². The summed E-state index contributed by atoms with van der Waals surface area (Å²) in [5, 5.41) is 4.70. The number of nitrogens with one attached hydrogen (secondary N) is 1. The quantitative estimate of drug-likeness (QED) is 0.582. The van der Waals surface area contributed by atoms with Crippen molar-refractivity contribution in [2.24, 2.45) is 0 Å². The van der Waals surface area contributed by atoms with Crippen molar-refractivity contribution in [1.29, 1.82) is 0 Å². The van der Waals surface area contributed by atoms with Gasteiger partial charge in [0.25, 0.3) is 5.56 Å². The smallest absolute Gasteiger partial charge is 0.300 e. The van der Waals surface area contributed by atoms with Crippen LogP contribution in [0.4, 0.5) is 0 Å². The van der Waals surface area contributed by atoms with Crippen LogP contribution in [-0.4, -0.2) is 24.3 Å². The molecular formula is C21H19N5O2. The number of hydrogen-bond acceptors (Lipinski definition) is 4. The first-order valence-corrected chi connectivity index (χ1v) is 8.98. The average molecular weight is 373 g/mol. The number of aromatic amines is 1. The highest BCUT2D eigenvalue weighted by Gasteiger charge is 2.13.